The Bertz CT molecular complexity index is 304. The van der Waals surface area contributed by atoms with Gasteiger partial charge in [-0.2, -0.15) is 0 Å². The van der Waals surface area contributed by atoms with E-state index in [2.05, 4.69) is 27.0 Å². The molecule has 0 aliphatic carbocycles. The van der Waals surface area contributed by atoms with Gasteiger partial charge in [0.15, 0.2) is 0 Å². The molecule has 13 heavy (non-hydrogen) atoms. The number of benzene rings is 1. The Hall–Kier alpha value is -0.830. The van der Waals surface area contributed by atoms with Crippen LogP contribution in [-0.4, -0.2) is 12.4 Å². The topological polar surface area (TPSA) is 38.4 Å². The van der Waals surface area contributed by atoms with Crippen LogP contribution in [0.25, 0.3) is 0 Å². The van der Waals surface area contributed by atoms with Gasteiger partial charge in [-0.1, -0.05) is 34.1 Å². The van der Waals surface area contributed by atoms with Crippen LogP contribution in [0.2, 0.25) is 0 Å². The van der Waals surface area contributed by atoms with E-state index in [9.17, 15) is 0 Å². The highest BCUT2D eigenvalue weighted by atomic mass is 75.9. The van der Waals surface area contributed by atoms with Crippen molar-refractivity contribution in [2.24, 2.45) is 10.7 Å². The molecule has 2 N–H and O–H groups in total. The molecule has 1 aromatic rings. The molecule has 0 saturated carbocycles. The van der Waals surface area contributed by atoms with Crippen LogP contribution in [0.3, 0.4) is 0 Å². The minimum atomic E-state index is 0.645. The SMILES string of the molecule is CC(N)=NCCc1ccccc1[76Br]. The van der Waals surface area contributed by atoms with E-state index in [0.29, 0.717) is 5.84 Å². The molecule has 0 fully saturated rings. The zero-order valence-corrected chi connectivity index (χ0v) is 9.21. The van der Waals surface area contributed by atoms with Crippen molar-refractivity contribution < 1.29 is 0 Å². The molecule has 0 aliphatic rings. The van der Waals surface area contributed by atoms with Crippen molar-refractivity contribution in [3.63, 3.8) is 0 Å². The van der Waals surface area contributed by atoms with Crippen LogP contribution in [0.4, 0.5) is 0 Å². The van der Waals surface area contributed by atoms with Crippen LogP contribution >= 0.6 is 15.9 Å². The van der Waals surface area contributed by atoms with Gasteiger partial charge in [0.05, 0.1) is 5.84 Å². The minimum Gasteiger partial charge on any atom is -0.388 e. The van der Waals surface area contributed by atoms with Gasteiger partial charge in [0.2, 0.25) is 0 Å². The fourth-order valence-electron chi connectivity index (χ4n) is 1.05. The van der Waals surface area contributed by atoms with Gasteiger partial charge in [-0.15, -0.1) is 0 Å². The van der Waals surface area contributed by atoms with E-state index in [1.54, 1.807) is 6.92 Å². The van der Waals surface area contributed by atoms with Crippen LogP contribution in [0.5, 0.6) is 0 Å². The van der Waals surface area contributed by atoms with Gasteiger partial charge >= 0.3 is 0 Å². The summed E-state index contributed by atoms with van der Waals surface area (Å²) in [6, 6.07) is 8.16. The Morgan fingerprint density at radius 2 is 2.15 bits per heavy atom. The van der Waals surface area contributed by atoms with Crippen molar-refractivity contribution in [2.75, 3.05) is 6.54 Å². The Morgan fingerprint density at radius 1 is 1.46 bits per heavy atom. The largest absolute Gasteiger partial charge is 0.388 e. The Labute approximate surface area is 87.0 Å². The highest BCUT2D eigenvalue weighted by molar-refractivity contribution is 9.10. The summed E-state index contributed by atoms with van der Waals surface area (Å²) < 4.78 is 1.14. The van der Waals surface area contributed by atoms with Crippen molar-refractivity contribution in [3.05, 3.63) is 34.3 Å². The first-order chi connectivity index (χ1) is 6.20. The molecule has 0 spiro atoms. The lowest BCUT2D eigenvalue weighted by atomic mass is 10.1. The summed E-state index contributed by atoms with van der Waals surface area (Å²) in [5.74, 6) is 0.645. The number of hydrogen-bond donors (Lipinski definition) is 1. The molecule has 0 aliphatic heterocycles. The number of hydrogen-bond acceptors (Lipinski definition) is 1. The molecule has 1 aromatic carbocycles. The van der Waals surface area contributed by atoms with Crippen molar-refractivity contribution in [1.82, 2.24) is 0 Å². The lowest BCUT2D eigenvalue weighted by molar-refractivity contribution is 0.959. The van der Waals surface area contributed by atoms with Crippen molar-refractivity contribution in [2.45, 2.75) is 13.3 Å². The summed E-state index contributed by atoms with van der Waals surface area (Å²) in [4.78, 5) is 4.13. The molecule has 70 valence electrons. The van der Waals surface area contributed by atoms with Crippen LogP contribution in [0.1, 0.15) is 12.5 Å². The van der Waals surface area contributed by atoms with Gasteiger partial charge in [-0.25, -0.2) is 0 Å². The first-order valence-electron chi connectivity index (χ1n) is 4.20. The van der Waals surface area contributed by atoms with E-state index in [1.807, 2.05) is 18.2 Å². The maximum absolute atomic E-state index is 5.43. The number of nitrogens with zero attached hydrogens (tertiary/aromatic N) is 1. The van der Waals surface area contributed by atoms with Gasteiger partial charge in [-0.3, -0.25) is 4.99 Å². The smallest absolute Gasteiger partial charge is 0.0905 e. The van der Waals surface area contributed by atoms with Crippen LogP contribution in [-0.2, 0) is 6.42 Å². The fourth-order valence-corrected chi connectivity index (χ4v) is 1.54. The van der Waals surface area contributed by atoms with Gasteiger partial charge < -0.3 is 5.73 Å². The van der Waals surface area contributed by atoms with E-state index in [0.717, 1.165) is 17.4 Å². The summed E-state index contributed by atoms with van der Waals surface area (Å²) in [7, 11) is 0. The van der Waals surface area contributed by atoms with E-state index in [-0.39, 0.29) is 0 Å². The molecule has 0 saturated heterocycles. The summed E-state index contributed by atoms with van der Waals surface area (Å²) in [5, 5.41) is 0. The zero-order chi connectivity index (χ0) is 9.68. The summed E-state index contributed by atoms with van der Waals surface area (Å²) >= 11 is 3.48. The molecule has 0 amide bonds. The Balaban J connectivity index is 2.55. The van der Waals surface area contributed by atoms with Crippen LogP contribution in [0, 0.1) is 0 Å². The van der Waals surface area contributed by atoms with Crippen LogP contribution < -0.4 is 5.73 Å². The van der Waals surface area contributed by atoms with Gasteiger partial charge in [0.1, 0.15) is 0 Å². The summed E-state index contributed by atoms with van der Waals surface area (Å²) in [5.41, 5.74) is 6.70. The van der Waals surface area contributed by atoms with Crippen molar-refractivity contribution in [3.8, 4) is 0 Å². The molecule has 1 rings (SSSR count). The number of amidine groups is 1. The van der Waals surface area contributed by atoms with Gasteiger partial charge in [0, 0.05) is 11.0 Å². The second-order valence-electron chi connectivity index (χ2n) is 2.86. The van der Waals surface area contributed by atoms with E-state index in [1.165, 1.54) is 5.56 Å². The minimum absolute atomic E-state index is 0.645. The number of aliphatic imine (C=N–C) groups is 1. The van der Waals surface area contributed by atoms with Crippen molar-refractivity contribution in [1.29, 1.82) is 0 Å². The molecular formula is C10H13BrN2. The predicted octanol–water partition coefficient (Wildman–Crippen LogP) is 2.37. The van der Waals surface area contributed by atoms with E-state index >= 15 is 0 Å². The van der Waals surface area contributed by atoms with Crippen LogP contribution in [0.15, 0.2) is 33.7 Å². The molecule has 0 aromatic heterocycles. The maximum Gasteiger partial charge on any atom is 0.0905 e. The third-order valence-corrected chi connectivity index (χ3v) is 2.47. The van der Waals surface area contributed by atoms with Gasteiger partial charge in [0.25, 0.3) is 0 Å². The highest BCUT2D eigenvalue weighted by Gasteiger charge is 1.96. The molecule has 0 radical (unpaired) electrons. The van der Waals surface area contributed by atoms with E-state index in [4.69, 9.17) is 5.73 Å². The molecule has 3 heteroatoms. The Kier molecular flexibility index (Phi) is 3.96. The second kappa shape index (κ2) is 5.02. The number of nitrogens with two attached hydrogens (primary N) is 1. The lowest BCUT2D eigenvalue weighted by Crippen LogP contribution is -2.06. The quantitative estimate of drug-likeness (QED) is 0.636. The molecule has 0 atom stereocenters. The Morgan fingerprint density at radius 3 is 2.77 bits per heavy atom. The first-order valence-corrected chi connectivity index (χ1v) is 4.99. The average Bonchev–Trinajstić information content (AvgIpc) is 2.08. The third kappa shape index (κ3) is 3.59. The molecule has 2 nitrogen and oxygen atoms in total. The lowest BCUT2D eigenvalue weighted by Gasteiger charge is -2.01. The number of rotatable bonds is 3. The second-order valence-corrected chi connectivity index (χ2v) is 3.72. The maximum atomic E-state index is 5.43. The fraction of sp³-hybridized carbons (Fsp3) is 0.300. The third-order valence-electron chi connectivity index (χ3n) is 1.70. The zero-order valence-electron chi connectivity index (χ0n) is 7.63. The van der Waals surface area contributed by atoms with Gasteiger partial charge in [-0.05, 0) is 25.0 Å². The highest BCUT2D eigenvalue weighted by Crippen LogP contribution is 2.15. The standard InChI is InChI=1S/C10H13BrN2/c1-8(12)13-7-6-9-4-2-3-5-10(9)11/h2-5H,6-7H2,1H3,(H2,12,13)/i11-4. The summed E-state index contributed by atoms with van der Waals surface area (Å²) in [6.07, 6.45) is 0.927. The van der Waals surface area contributed by atoms with Crippen molar-refractivity contribution >= 4 is 21.8 Å². The number of halogens is 1. The predicted molar refractivity (Wildman–Crippen MR) is 60.0 cm³/mol. The molecule has 0 bridgehead atoms. The normalized spacial score (nSPS) is 11.7. The molecule has 0 unspecified atom stereocenters. The monoisotopic (exact) mass is 237 g/mol. The molecular weight excluding hydrogens is 224 g/mol. The average molecular weight is 237 g/mol. The van der Waals surface area contributed by atoms with E-state index < -0.39 is 0 Å². The molecule has 0 heterocycles. The first kappa shape index (κ1) is 10.3. The summed E-state index contributed by atoms with van der Waals surface area (Å²) in [6.45, 7) is 2.56.